The highest BCUT2D eigenvalue weighted by atomic mass is 16.7. The first-order chi connectivity index (χ1) is 7.81. The quantitative estimate of drug-likeness (QED) is 0.806. The molecule has 1 fully saturated rings. The van der Waals surface area contributed by atoms with Crippen LogP contribution in [0.3, 0.4) is 0 Å². The van der Waals surface area contributed by atoms with E-state index in [0.717, 1.165) is 37.6 Å². The summed E-state index contributed by atoms with van der Waals surface area (Å²) in [4.78, 5) is 2.38. The molecule has 1 atom stereocenters. The number of fused-ring (bicyclic) bond motifs is 1. The van der Waals surface area contributed by atoms with Crippen LogP contribution in [0.15, 0.2) is 18.2 Å². The first-order valence-electron chi connectivity index (χ1n) is 5.68. The van der Waals surface area contributed by atoms with E-state index >= 15 is 0 Å². The van der Waals surface area contributed by atoms with Gasteiger partial charge in [0.2, 0.25) is 6.79 Å². The van der Waals surface area contributed by atoms with Crippen LogP contribution in [-0.4, -0.2) is 30.8 Å². The lowest BCUT2D eigenvalue weighted by Gasteiger charge is -2.15. The molecule has 2 aliphatic heterocycles. The van der Waals surface area contributed by atoms with Crippen molar-refractivity contribution in [2.24, 2.45) is 5.73 Å². The van der Waals surface area contributed by atoms with Crippen LogP contribution in [0.4, 0.5) is 0 Å². The van der Waals surface area contributed by atoms with Gasteiger partial charge in [-0.2, -0.15) is 0 Å². The van der Waals surface area contributed by atoms with E-state index in [2.05, 4.69) is 17.0 Å². The Labute approximate surface area is 94.9 Å². The molecule has 86 valence electrons. The number of ether oxygens (including phenoxy) is 2. The molecule has 16 heavy (non-hydrogen) atoms. The first kappa shape index (κ1) is 9.93. The van der Waals surface area contributed by atoms with Crippen LogP contribution < -0.4 is 15.2 Å². The molecule has 2 aliphatic rings. The maximum absolute atomic E-state index is 5.88. The Balaban J connectivity index is 1.71. The molecule has 0 bridgehead atoms. The number of hydrogen-bond donors (Lipinski definition) is 1. The highest BCUT2D eigenvalue weighted by Gasteiger charge is 2.20. The molecule has 0 spiro atoms. The summed E-state index contributed by atoms with van der Waals surface area (Å²) in [6.45, 7) is 3.38. The summed E-state index contributed by atoms with van der Waals surface area (Å²) in [6, 6.07) is 6.48. The lowest BCUT2D eigenvalue weighted by Crippen LogP contribution is -2.26. The second kappa shape index (κ2) is 3.96. The zero-order valence-electron chi connectivity index (χ0n) is 9.19. The van der Waals surface area contributed by atoms with Crippen molar-refractivity contribution in [1.82, 2.24) is 4.90 Å². The average molecular weight is 220 g/mol. The van der Waals surface area contributed by atoms with Crippen LogP contribution in [0.2, 0.25) is 0 Å². The lowest BCUT2D eigenvalue weighted by molar-refractivity contribution is 0.174. The van der Waals surface area contributed by atoms with Crippen LogP contribution in [0.25, 0.3) is 0 Å². The molecule has 2 heterocycles. The predicted octanol–water partition coefficient (Wildman–Crippen LogP) is 0.948. The molecule has 3 rings (SSSR count). The second-order valence-corrected chi connectivity index (χ2v) is 4.47. The van der Waals surface area contributed by atoms with Gasteiger partial charge >= 0.3 is 0 Å². The third kappa shape index (κ3) is 1.86. The Morgan fingerprint density at radius 1 is 1.31 bits per heavy atom. The molecule has 1 saturated heterocycles. The van der Waals surface area contributed by atoms with E-state index in [1.807, 2.05) is 6.07 Å². The van der Waals surface area contributed by atoms with Crippen LogP contribution in [0, 0.1) is 0 Å². The zero-order chi connectivity index (χ0) is 11.0. The predicted molar refractivity (Wildman–Crippen MR) is 60.4 cm³/mol. The normalized spacial score (nSPS) is 23.9. The Morgan fingerprint density at radius 2 is 2.19 bits per heavy atom. The maximum atomic E-state index is 5.88. The monoisotopic (exact) mass is 220 g/mol. The molecule has 1 aromatic carbocycles. The number of hydrogen-bond acceptors (Lipinski definition) is 4. The molecule has 0 amide bonds. The maximum Gasteiger partial charge on any atom is 0.231 e. The van der Waals surface area contributed by atoms with Crippen LogP contribution in [-0.2, 0) is 6.54 Å². The van der Waals surface area contributed by atoms with Gasteiger partial charge in [0.25, 0.3) is 0 Å². The summed E-state index contributed by atoms with van der Waals surface area (Å²) < 4.78 is 10.6. The summed E-state index contributed by atoms with van der Waals surface area (Å²) in [5.74, 6) is 1.71. The standard InChI is InChI=1S/C12H16N2O2/c13-10-3-4-14(7-10)6-9-1-2-11-12(5-9)16-8-15-11/h1-2,5,10H,3-4,6-8,13H2/t10-/m0/s1. The van der Waals surface area contributed by atoms with Crippen LogP contribution in [0.1, 0.15) is 12.0 Å². The minimum absolute atomic E-state index is 0.341. The first-order valence-corrected chi connectivity index (χ1v) is 5.68. The molecular weight excluding hydrogens is 204 g/mol. The van der Waals surface area contributed by atoms with E-state index in [4.69, 9.17) is 15.2 Å². The van der Waals surface area contributed by atoms with E-state index in [-0.39, 0.29) is 0 Å². The highest BCUT2D eigenvalue weighted by Crippen LogP contribution is 2.32. The summed E-state index contributed by atoms with van der Waals surface area (Å²) >= 11 is 0. The van der Waals surface area contributed by atoms with Crippen molar-refractivity contribution < 1.29 is 9.47 Å². The lowest BCUT2D eigenvalue weighted by atomic mass is 10.2. The van der Waals surface area contributed by atoms with E-state index in [0.29, 0.717) is 12.8 Å². The van der Waals surface area contributed by atoms with Gasteiger partial charge in [0.15, 0.2) is 11.5 Å². The third-order valence-corrected chi connectivity index (χ3v) is 3.15. The summed E-state index contributed by atoms with van der Waals surface area (Å²) in [5, 5.41) is 0. The molecule has 2 N–H and O–H groups in total. The van der Waals surface area contributed by atoms with E-state index in [9.17, 15) is 0 Å². The molecule has 0 saturated carbocycles. The molecule has 0 unspecified atom stereocenters. The number of nitrogens with zero attached hydrogens (tertiary/aromatic N) is 1. The fraction of sp³-hybridized carbons (Fsp3) is 0.500. The summed E-state index contributed by atoms with van der Waals surface area (Å²) in [5.41, 5.74) is 7.14. The van der Waals surface area contributed by atoms with Crippen molar-refractivity contribution in [3.63, 3.8) is 0 Å². The molecule has 1 aromatic rings. The molecule has 0 aromatic heterocycles. The molecule has 0 radical (unpaired) electrons. The summed E-state index contributed by atoms with van der Waals surface area (Å²) in [6.07, 6.45) is 1.10. The molecule has 4 nitrogen and oxygen atoms in total. The topological polar surface area (TPSA) is 47.7 Å². The zero-order valence-corrected chi connectivity index (χ0v) is 9.19. The van der Waals surface area contributed by atoms with Crippen molar-refractivity contribution in [3.8, 4) is 11.5 Å². The smallest absolute Gasteiger partial charge is 0.231 e. The highest BCUT2D eigenvalue weighted by molar-refractivity contribution is 5.44. The fourth-order valence-electron chi connectivity index (χ4n) is 2.30. The Bertz CT molecular complexity index is 395. The Kier molecular flexibility index (Phi) is 2.46. The van der Waals surface area contributed by atoms with Crippen molar-refractivity contribution in [1.29, 1.82) is 0 Å². The third-order valence-electron chi connectivity index (χ3n) is 3.15. The molecular formula is C12H16N2O2. The van der Waals surface area contributed by atoms with Gasteiger partial charge in [0, 0.05) is 25.7 Å². The number of nitrogens with two attached hydrogens (primary N) is 1. The van der Waals surface area contributed by atoms with Crippen molar-refractivity contribution in [3.05, 3.63) is 23.8 Å². The molecule has 0 aliphatic carbocycles. The van der Waals surface area contributed by atoms with E-state index < -0.39 is 0 Å². The van der Waals surface area contributed by atoms with Gasteiger partial charge < -0.3 is 15.2 Å². The second-order valence-electron chi connectivity index (χ2n) is 4.47. The minimum Gasteiger partial charge on any atom is -0.454 e. The van der Waals surface area contributed by atoms with E-state index in [1.165, 1.54) is 5.56 Å². The van der Waals surface area contributed by atoms with Crippen LogP contribution in [0.5, 0.6) is 11.5 Å². The van der Waals surface area contributed by atoms with Gasteiger partial charge in [-0.3, -0.25) is 4.90 Å². The molecule has 4 heteroatoms. The van der Waals surface area contributed by atoms with Gasteiger partial charge in [-0.25, -0.2) is 0 Å². The van der Waals surface area contributed by atoms with Gasteiger partial charge in [0.1, 0.15) is 0 Å². The fourth-order valence-corrected chi connectivity index (χ4v) is 2.30. The average Bonchev–Trinajstić information content (AvgIpc) is 2.87. The van der Waals surface area contributed by atoms with Gasteiger partial charge in [-0.1, -0.05) is 6.07 Å². The van der Waals surface area contributed by atoms with Crippen LogP contribution >= 0.6 is 0 Å². The number of benzene rings is 1. The van der Waals surface area contributed by atoms with Crippen molar-refractivity contribution in [2.45, 2.75) is 19.0 Å². The minimum atomic E-state index is 0.341. The number of rotatable bonds is 2. The van der Waals surface area contributed by atoms with Crippen molar-refractivity contribution in [2.75, 3.05) is 19.9 Å². The van der Waals surface area contributed by atoms with Gasteiger partial charge in [-0.15, -0.1) is 0 Å². The van der Waals surface area contributed by atoms with Gasteiger partial charge in [-0.05, 0) is 24.1 Å². The SMILES string of the molecule is N[C@H]1CCN(Cc2ccc3c(c2)OCO3)C1. The van der Waals surface area contributed by atoms with E-state index in [1.54, 1.807) is 0 Å². The number of likely N-dealkylation sites (tertiary alicyclic amines) is 1. The summed E-state index contributed by atoms with van der Waals surface area (Å²) in [7, 11) is 0. The Morgan fingerprint density at radius 3 is 3.00 bits per heavy atom. The van der Waals surface area contributed by atoms with Crippen molar-refractivity contribution >= 4 is 0 Å². The Hall–Kier alpha value is -1.26. The van der Waals surface area contributed by atoms with Gasteiger partial charge in [0.05, 0.1) is 0 Å². The largest absolute Gasteiger partial charge is 0.454 e.